The van der Waals surface area contributed by atoms with Crippen LogP contribution in [0.15, 0.2) is 18.2 Å². The molecule has 0 radical (unpaired) electrons. The van der Waals surface area contributed by atoms with Crippen LogP contribution in [0.5, 0.6) is 0 Å². The standard InChI is InChI=1S/C13H19N/c1-10-5-6-12(9-11(10)2)13(14)7-3-4-8-13/h5-6,9H,3-4,7-8,14H2,1-2H3. The summed E-state index contributed by atoms with van der Waals surface area (Å²) in [5.41, 5.74) is 10.4. The minimum absolute atomic E-state index is 0.0293. The summed E-state index contributed by atoms with van der Waals surface area (Å²) in [4.78, 5) is 0. The van der Waals surface area contributed by atoms with E-state index < -0.39 is 0 Å². The van der Waals surface area contributed by atoms with Crippen molar-refractivity contribution >= 4 is 0 Å². The predicted molar refractivity (Wildman–Crippen MR) is 60.2 cm³/mol. The number of rotatable bonds is 1. The van der Waals surface area contributed by atoms with Crippen molar-refractivity contribution in [1.29, 1.82) is 0 Å². The highest BCUT2D eigenvalue weighted by Crippen LogP contribution is 2.36. The summed E-state index contributed by atoms with van der Waals surface area (Å²) in [5, 5.41) is 0. The maximum Gasteiger partial charge on any atom is 0.0409 e. The lowest BCUT2D eigenvalue weighted by atomic mass is 9.88. The highest BCUT2D eigenvalue weighted by atomic mass is 14.8. The van der Waals surface area contributed by atoms with Crippen LogP contribution in [-0.2, 0) is 5.54 Å². The molecular formula is C13H19N. The first-order valence-corrected chi connectivity index (χ1v) is 5.48. The molecule has 1 aromatic rings. The molecule has 0 unspecified atom stereocenters. The lowest BCUT2D eigenvalue weighted by Crippen LogP contribution is -2.33. The second kappa shape index (κ2) is 3.39. The molecule has 0 spiro atoms. The van der Waals surface area contributed by atoms with Crippen LogP contribution in [0.4, 0.5) is 0 Å². The molecule has 0 heterocycles. The molecule has 2 rings (SSSR count). The molecule has 76 valence electrons. The van der Waals surface area contributed by atoms with Crippen LogP contribution in [0.3, 0.4) is 0 Å². The van der Waals surface area contributed by atoms with Crippen molar-refractivity contribution in [3.8, 4) is 0 Å². The van der Waals surface area contributed by atoms with Crippen molar-refractivity contribution in [1.82, 2.24) is 0 Å². The summed E-state index contributed by atoms with van der Waals surface area (Å²) in [6, 6.07) is 6.66. The number of aryl methyl sites for hydroxylation is 2. The van der Waals surface area contributed by atoms with Gasteiger partial charge in [0.05, 0.1) is 0 Å². The zero-order valence-corrected chi connectivity index (χ0v) is 9.14. The molecule has 0 saturated heterocycles. The number of hydrogen-bond donors (Lipinski definition) is 1. The van der Waals surface area contributed by atoms with Gasteiger partial charge >= 0.3 is 0 Å². The lowest BCUT2D eigenvalue weighted by Gasteiger charge is -2.24. The average Bonchev–Trinajstić information content (AvgIpc) is 2.58. The Kier molecular flexibility index (Phi) is 2.36. The minimum atomic E-state index is -0.0293. The number of benzene rings is 1. The van der Waals surface area contributed by atoms with Gasteiger partial charge < -0.3 is 5.73 Å². The minimum Gasteiger partial charge on any atom is -0.321 e. The van der Waals surface area contributed by atoms with Gasteiger partial charge in [0.2, 0.25) is 0 Å². The van der Waals surface area contributed by atoms with Gasteiger partial charge in [-0.1, -0.05) is 31.0 Å². The highest BCUT2D eigenvalue weighted by Gasteiger charge is 2.30. The second-order valence-electron chi connectivity index (χ2n) is 4.66. The quantitative estimate of drug-likeness (QED) is 0.722. The normalized spacial score (nSPS) is 19.9. The van der Waals surface area contributed by atoms with Gasteiger partial charge in [-0.2, -0.15) is 0 Å². The average molecular weight is 189 g/mol. The molecule has 1 saturated carbocycles. The summed E-state index contributed by atoms with van der Waals surface area (Å²) in [5.74, 6) is 0. The third-order valence-corrected chi connectivity index (χ3v) is 3.58. The molecule has 14 heavy (non-hydrogen) atoms. The van der Waals surface area contributed by atoms with E-state index in [1.807, 2.05) is 0 Å². The van der Waals surface area contributed by atoms with Gasteiger partial charge in [0, 0.05) is 5.54 Å². The maximum atomic E-state index is 6.40. The Hall–Kier alpha value is -0.820. The molecule has 1 aliphatic rings. The van der Waals surface area contributed by atoms with Gasteiger partial charge in [-0.05, 0) is 43.4 Å². The first-order valence-electron chi connectivity index (χ1n) is 5.48. The van der Waals surface area contributed by atoms with Crippen LogP contribution in [0, 0.1) is 13.8 Å². The third kappa shape index (κ3) is 1.57. The summed E-state index contributed by atoms with van der Waals surface area (Å²) in [6.07, 6.45) is 4.86. The molecule has 2 N–H and O–H groups in total. The van der Waals surface area contributed by atoms with Crippen LogP contribution in [0.1, 0.15) is 42.4 Å². The summed E-state index contributed by atoms with van der Waals surface area (Å²) in [7, 11) is 0. The molecule has 0 aliphatic heterocycles. The molecule has 0 amide bonds. The topological polar surface area (TPSA) is 26.0 Å². The Balaban J connectivity index is 2.36. The van der Waals surface area contributed by atoms with E-state index in [1.54, 1.807) is 0 Å². The molecule has 0 bridgehead atoms. The van der Waals surface area contributed by atoms with Gasteiger partial charge in [-0.25, -0.2) is 0 Å². The van der Waals surface area contributed by atoms with E-state index in [1.165, 1.54) is 29.5 Å². The Morgan fingerprint density at radius 1 is 1.07 bits per heavy atom. The van der Waals surface area contributed by atoms with Crippen LogP contribution in [0.2, 0.25) is 0 Å². The van der Waals surface area contributed by atoms with Crippen LogP contribution >= 0.6 is 0 Å². The van der Waals surface area contributed by atoms with E-state index in [0.717, 1.165) is 12.8 Å². The van der Waals surface area contributed by atoms with Crippen LogP contribution in [0.25, 0.3) is 0 Å². The van der Waals surface area contributed by atoms with Crippen molar-refractivity contribution < 1.29 is 0 Å². The smallest absolute Gasteiger partial charge is 0.0409 e. The van der Waals surface area contributed by atoms with Gasteiger partial charge in [-0.15, -0.1) is 0 Å². The van der Waals surface area contributed by atoms with Crippen molar-refractivity contribution in [2.45, 2.75) is 45.1 Å². The van der Waals surface area contributed by atoms with Gasteiger partial charge in [0.15, 0.2) is 0 Å². The van der Waals surface area contributed by atoms with Crippen LogP contribution in [-0.4, -0.2) is 0 Å². The molecule has 1 nitrogen and oxygen atoms in total. The Morgan fingerprint density at radius 3 is 2.29 bits per heavy atom. The largest absolute Gasteiger partial charge is 0.321 e. The molecule has 0 atom stereocenters. The zero-order chi connectivity index (χ0) is 10.2. The van der Waals surface area contributed by atoms with Crippen LogP contribution < -0.4 is 5.73 Å². The monoisotopic (exact) mass is 189 g/mol. The fourth-order valence-electron chi connectivity index (χ4n) is 2.35. The Morgan fingerprint density at radius 2 is 1.71 bits per heavy atom. The van der Waals surface area contributed by atoms with Gasteiger partial charge in [-0.3, -0.25) is 0 Å². The van der Waals surface area contributed by atoms with Crippen molar-refractivity contribution in [2.75, 3.05) is 0 Å². The summed E-state index contributed by atoms with van der Waals surface area (Å²) < 4.78 is 0. The van der Waals surface area contributed by atoms with E-state index in [-0.39, 0.29) is 5.54 Å². The van der Waals surface area contributed by atoms with Gasteiger partial charge in [0.25, 0.3) is 0 Å². The van der Waals surface area contributed by atoms with Crippen molar-refractivity contribution in [2.24, 2.45) is 5.73 Å². The van der Waals surface area contributed by atoms with E-state index >= 15 is 0 Å². The third-order valence-electron chi connectivity index (χ3n) is 3.58. The van der Waals surface area contributed by atoms with E-state index in [9.17, 15) is 0 Å². The summed E-state index contributed by atoms with van der Waals surface area (Å²) in [6.45, 7) is 4.31. The maximum absolute atomic E-state index is 6.40. The summed E-state index contributed by atoms with van der Waals surface area (Å²) >= 11 is 0. The molecule has 1 heteroatoms. The first kappa shape index (κ1) is 9.72. The number of hydrogen-bond acceptors (Lipinski definition) is 1. The first-order chi connectivity index (χ1) is 6.62. The zero-order valence-electron chi connectivity index (χ0n) is 9.14. The molecule has 1 fully saturated rings. The molecule has 0 aromatic heterocycles. The van der Waals surface area contributed by atoms with Gasteiger partial charge in [0.1, 0.15) is 0 Å². The molecular weight excluding hydrogens is 170 g/mol. The SMILES string of the molecule is Cc1ccc(C2(N)CCCC2)cc1C. The second-order valence-corrected chi connectivity index (χ2v) is 4.66. The van der Waals surface area contributed by atoms with E-state index in [4.69, 9.17) is 5.73 Å². The number of nitrogens with two attached hydrogens (primary N) is 1. The van der Waals surface area contributed by atoms with E-state index in [2.05, 4.69) is 32.0 Å². The highest BCUT2D eigenvalue weighted by molar-refractivity contribution is 5.34. The Bertz CT molecular complexity index is 335. The molecule has 1 aliphatic carbocycles. The van der Waals surface area contributed by atoms with Crippen molar-refractivity contribution in [3.63, 3.8) is 0 Å². The lowest BCUT2D eigenvalue weighted by molar-refractivity contribution is 0.461. The fraction of sp³-hybridized carbons (Fsp3) is 0.538. The fourth-order valence-corrected chi connectivity index (χ4v) is 2.35. The predicted octanol–water partition coefficient (Wildman–Crippen LogP) is 3.03. The van der Waals surface area contributed by atoms with Crippen molar-refractivity contribution in [3.05, 3.63) is 34.9 Å². The molecule has 1 aromatic carbocycles. The Labute approximate surface area is 86.3 Å². The van der Waals surface area contributed by atoms with E-state index in [0.29, 0.717) is 0 Å².